The van der Waals surface area contributed by atoms with E-state index < -0.39 is 0 Å². The van der Waals surface area contributed by atoms with Gasteiger partial charge < -0.3 is 9.73 Å². The van der Waals surface area contributed by atoms with Crippen LogP contribution in [0.1, 0.15) is 10.4 Å². The molecule has 0 bridgehead atoms. The highest BCUT2D eigenvalue weighted by atomic mass is 19.1. The van der Waals surface area contributed by atoms with E-state index in [1.807, 2.05) is 36.4 Å². The topological polar surface area (TPSA) is 55.1 Å². The number of carbonyl (C=O) groups is 1. The lowest BCUT2D eigenvalue weighted by Gasteiger charge is -2.04. The van der Waals surface area contributed by atoms with E-state index in [-0.39, 0.29) is 11.7 Å². The van der Waals surface area contributed by atoms with Gasteiger partial charge >= 0.3 is 0 Å². The number of hydrogen-bond acceptors (Lipinski definition) is 3. The van der Waals surface area contributed by atoms with Crippen LogP contribution in [0.3, 0.4) is 0 Å². The van der Waals surface area contributed by atoms with Crippen molar-refractivity contribution in [1.29, 1.82) is 0 Å². The van der Waals surface area contributed by atoms with Crippen LogP contribution in [-0.4, -0.2) is 10.9 Å². The molecular weight excluding hydrogens is 367 g/mol. The molecule has 29 heavy (non-hydrogen) atoms. The van der Waals surface area contributed by atoms with Crippen LogP contribution in [0.15, 0.2) is 89.3 Å². The number of hydrogen-bond donors (Lipinski definition) is 1. The molecule has 0 saturated heterocycles. The van der Waals surface area contributed by atoms with Gasteiger partial charge in [-0.3, -0.25) is 4.79 Å². The molecule has 0 fully saturated rings. The second kappa shape index (κ2) is 6.87. The third kappa shape index (κ3) is 3.34. The zero-order valence-corrected chi connectivity index (χ0v) is 15.2. The SMILES string of the molecule is O=C(Nc1ccc2oc(-c3ccc4ccccc4c3)nc2c1)c1ccc(F)cc1. The van der Waals surface area contributed by atoms with Crippen molar-refractivity contribution in [3.05, 3.63) is 96.3 Å². The number of aromatic nitrogens is 1. The molecule has 5 rings (SSSR count). The fourth-order valence-electron chi connectivity index (χ4n) is 3.26. The lowest BCUT2D eigenvalue weighted by Crippen LogP contribution is -2.11. The Balaban J connectivity index is 1.44. The van der Waals surface area contributed by atoms with Crippen molar-refractivity contribution in [2.45, 2.75) is 0 Å². The van der Waals surface area contributed by atoms with Crippen LogP contribution in [0.2, 0.25) is 0 Å². The van der Waals surface area contributed by atoms with Crippen molar-refractivity contribution in [3.8, 4) is 11.5 Å². The van der Waals surface area contributed by atoms with Crippen molar-refractivity contribution < 1.29 is 13.6 Å². The number of fused-ring (bicyclic) bond motifs is 2. The van der Waals surface area contributed by atoms with Crippen molar-refractivity contribution in [2.75, 3.05) is 5.32 Å². The van der Waals surface area contributed by atoms with E-state index in [2.05, 4.69) is 16.4 Å². The highest BCUT2D eigenvalue weighted by Gasteiger charge is 2.11. The Morgan fingerprint density at radius 2 is 1.66 bits per heavy atom. The summed E-state index contributed by atoms with van der Waals surface area (Å²) in [6, 6.07) is 24.8. The molecule has 0 aliphatic heterocycles. The molecule has 5 heteroatoms. The summed E-state index contributed by atoms with van der Waals surface area (Å²) < 4.78 is 18.9. The zero-order valence-electron chi connectivity index (χ0n) is 15.2. The van der Waals surface area contributed by atoms with Gasteiger partial charge in [-0.15, -0.1) is 0 Å². The fourth-order valence-corrected chi connectivity index (χ4v) is 3.26. The molecule has 1 heterocycles. The van der Waals surface area contributed by atoms with Crippen LogP contribution in [0, 0.1) is 5.82 Å². The van der Waals surface area contributed by atoms with Crippen molar-refractivity contribution in [1.82, 2.24) is 4.98 Å². The standard InChI is InChI=1S/C24H15FN2O2/c25-19-9-7-16(8-10-19)23(28)26-20-11-12-22-21(14-20)27-24(29-22)18-6-5-15-3-1-2-4-17(15)13-18/h1-14H,(H,26,28). The highest BCUT2D eigenvalue weighted by molar-refractivity contribution is 6.05. The normalized spacial score (nSPS) is 11.1. The minimum absolute atomic E-state index is 0.317. The van der Waals surface area contributed by atoms with E-state index in [1.54, 1.807) is 18.2 Å². The molecule has 4 nitrogen and oxygen atoms in total. The Morgan fingerprint density at radius 1 is 0.862 bits per heavy atom. The van der Waals surface area contributed by atoms with Gasteiger partial charge in [0.05, 0.1) is 0 Å². The smallest absolute Gasteiger partial charge is 0.255 e. The number of nitrogens with zero attached hydrogens (tertiary/aromatic N) is 1. The lowest BCUT2D eigenvalue weighted by molar-refractivity contribution is 0.102. The number of nitrogens with one attached hydrogen (secondary N) is 1. The quantitative estimate of drug-likeness (QED) is 0.414. The maximum atomic E-state index is 13.0. The Labute approximate surface area is 165 Å². The van der Waals surface area contributed by atoms with E-state index in [1.165, 1.54) is 24.3 Å². The molecule has 5 aromatic rings. The van der Waals surface area contributed by atoms with Gasteiger partial charge in [-0.1, -0.05) is 30.3 Å². The summed E-state index contributed by atoms with van der Waals surface area (Å²) in [6.07, 6.45) is 0. The van der Waals surface area contributed by atoms with Crippen LogP contribution in [0.4, 0.5) is 10.1 Å². The molecule has 140 valence electrons. The molecule has 0 saturated carbocycles. The molecule has 0 atom stereocenters. The first-order valence-electron chi connectivity index (χ1n) is 9.12. The average Bonchev–Trinajstić information content (AvgIpc) is 3.17. The largest absolute Gasteiger partial charge is 0.436 e. The molecule has 0 aliphatic carbocycles. The molecular formula is C24H15FN2O2. The molecule has 0 aliphatic rings. The number of oxazole rings is 1. The van der Waals surface area contributed by atoms with Crippen molar-refractivity contribution in [3.63, 3.8) is 0 Å². The first-order valence-corrected chi connectivity index (χ1v) is 9.12. The van der Waals surface area contributed by atoms with Gasteiger partial charge in [0, 0.05) is 16.8 Å². The van der Waals surface area contributed by atoms with E-state index >= 15 is 0 Å². The third-order valence-corrected chi connectivity index (χ3v) is 4.75. The first kappa shape index (κ1) is 17.1. The minimum atomic E-state index is -0.383. The van der Waals surface area contributed by atoms with E-state index in [9.17, 15) is 9.18 Å². The predicted octanol–water partition coefficient (Wildman–Crippen LogP) is 6.04. The van der Waals surface area contributed by atoms with Crippen molar-refractivity contribution >= 4 is 33.5 Å². The average molecular weight is 382 g/mol. The number of benzene rings is 4. The van der Waals surface area contributed by atoms with E-state index in [0.29, 0.717) is 28.2 Å². The summed E-state index contributed by atoms with van der Waals surface area (Å²) in [5.41, 5.74) is 3.13. The molecule has 0 spiro atoms. The van der Waals surface area contributed by atoms with Gasteiger partial charge in [-0.25, -0.2) is 9.37 Å². The van der Waals surface area contributed by atoms with Crippen LogP contribution < -0.4 is 5.32 Å². The Morgan fingerprint density at radius 3 is 2.48 bits per heavy atom. The number of halogens is 1. The summed E-state index contributed by atoms with van der Waals surface area (Å²) in [7, 11) is 0. The van der Waals surface area contributed by atoms with Gasteiger partial charge in [-0.05, 0) is 65.4 Å². The number of anilines is 1. The summed E-state index contributed by atoms with van der Waals surface area (Å²) >= 11 is 0. The highest BCUT2D eigenvalue weighted by Crippen LogP contribution is 2.28. The Kier molecular flexibility index (Phi) is 4.06. The number of amides is 1. The molecule has 0 radical (unpaired) electrons. The van der Waals surface area contributed by atoms with Crippen LogP contribution in [-0.2, 0) is 0 Å². The van der Waals surface area contributed by atoms with Crippen LogP contribution in [0.25, 0.3) is 33.3 Å². The van der Waals surface area contributed by atoms with E-state index in [0.717, 1.165) is 16.3 Å². The fraction of sp³-hybridized carbons (Fsp3) is 0. The Hall–Kier alpha value is -3.99. The van der Waals surface area contributed by atoms with Gasteiger partial charge in [0.25, 0.3) is 5.91 Å². The summed E-state index contributed by atoms with van der Waals surface area (Å²) in [6.45, 7) is 0. The second-order valence-electron chi connectivity index (χ2n) is 6.72. The maximum Gasteiger partial charge on any atom is 0.255 e. The molecule has 1 N–H and O–H groups in total. The van der Waals surface area contributed by atoms with Crippen LogP contribution in [0.5, 0.6) is 0 Å². The maximum absolute atomic E-state index is 13.0. The van der Waals surface area contributed by atoms with Gasteiger partial charge in [0.15, 0.2) is 5.58 Å². The Bertz CT molecular complexity index is 1360. The summed E-state index contributed by atoms with van der Waals surface area (Å²) in [4.78, 5) is 16.9. The number of carbonyl (C=O) groups excluding carboxylic acids is 1. The predicted molar refractivity (Wildman–Crippen MR) is 111 cm³/mol. The van der Waals surface area contributed by atoms with Crippen LogP contribution >= 0.6 is 0 Å². The zero-order chi connectivity index (χ0) is 19.8. The third-order valence-electron chi connectivity index (χ3n) is 4.75. The minimum Gasteiger partial charge on any atom is -0.436 e. The first-order chi connectivity index (χ1) is 14.2. The van der Waals surface area contributed by atoms with Crippen molar-refractivity contribution in [2.24, 2.45) is 0 Å². The monoisotopic (exact) mass is 382 g/mol. The molecule has 1 aromatic heterocycles. The van der Waals surface area contributed by atoms with Gasteiger partial charge in [-0.2, -0.15) is 0 Å². The lowest BCUT2D eigenvalue weighted by atomic mass is 10.1. The summed E-state index contributed by atoms with van der Waals surface area (Å²) in [5.74, 6) is -0.179. The van der Waals surface area contributed by atoms with Gasteiger partial charge in [0.2, 0.25) is 5.89 Å². The van der Waals surface area contributed by atoms with Gasteiger partial charge in [0.1, 0.15) is 11.3 Å². The molecule has 0 unspecified atom stereocenters. The number of rotatable bonds is 3. The molecule has 4 aromatic carbocycles. The summed E-state index contributed by atoms with van der Waals surface area (Å²) in [5, 5.41) is 5.06. The molecule has 1 amide bonds. The van der Waals surface area contributed by atoms with E-state index in [4.69, 9.17) is 4.42 Å². The second-order valence-corrected chi connectivity index (χ2v) is 6.72.